The summed E-state index contributed by atoms with van der Waals surface area (Å²) in [5.74, 6) is 0.249. The Hall–Kier alpha value is -0.940. The highest BCUT2D eigenvalue weighted by Crippen LogP contribution is 2.37. The molecule has 1 amide bonds. The van der Waals surface area contributed by atoms with Crippen LogP contribution in [0.5, 0.6) is 0 Å². The van der Waals surface area contributed by atoms with Crippen LogP contribution in [0.25, 0.3) is 0 Å². The maximum absolute atomic E-state index is 13.5. The molecule has 1 saturated heterocycles. The van der Waals surface area contributed by atoms with E-state index < -0.39 is 24.1 Å². The highest BCUT2D eigenvalue weighted by atomic mass is 19.2. The van der Waals surface area contributed by atoms with Gasteiger partial charge in [0.25, 0.3) is 0 Å². The lowest BCUT2D eigenvalue weighted by Gasteiger charge is -2.36. The van der Waals surface area contributed by atoms with Crippen LogP contribution in [0.15, 0.2) is 0 Å². The van der Waals surface area contributed by atoms with E-state index in [2.05, 4.69) is 0 Å². The van der Waals surface area contributed by atoms with Crippen molar-refractivity contribution >= 4 is 6.09 Å². The minimum Gasteiger partial charge on any atom is -0.444 e. The standard InChI is InChI=1S/C17H28F3NO2/c1-17(2,3)23-16(22)21-6-4-11(5-7-21)8-12-9-13(18)15(20)14(19)10-12/h11-15H,4-10H2,1-3H3. The molecule has 3 nitrogen and oxygen atoms in total. The van der Waals surface area contributed by atoms with Gasteiger partial charge in [0.15, 0.2) is 6.17 Å². The van der Waals surface area contributed by atoms with Crippen molar-refractivity contribution in [3.8, 4) is 0 Å². The van der Waals surface area contributed by atoms with Crippen LogP contribution in [0.1, 0.15) is 52.9 Å². The molecular weight excluding hydrogens is 307 g/mol. The largest absolute Gasteiger partial charge is 0.444 e. The van der Waals surface area contributed by atoms with Gasteiger partial charge in [0.2, 0.25) is 0 Å². The summed E-state index contributed by atoms with van der Waals surface area (Å²) in [5.41, 5.74) is -0.509. The second kappa shape index (κ2) is 7.31. The number of rotatable bonds is 2. The second-order valence-corrected chi connectivity index (χ2v) is 7.96. The van der Waals surface area contributed by atoms with Gasteiger partial charge in [-0.2, -0.15) is 0 Å². The first-order valence-corrected chi connectivity index (χ1v) is 8.56. The fourth-order valence-electron chi connectivity index (χ4n) is 3.56. The van der Waals surface area contributed by atoms with Crippen LogP contribution in [-0.4, -0.2) is 48.2 Å². The zero-order valence-electron chi connectivity index (χ0n) is 14.2. The lowest BCUT2D eigenvalue weighted by molar-refractivity contribution is 0.00459. The third-order valence-electron chi connectivity index (χ3n) is 4.74. The number of hydrogen-bond donors (Lipinski definition) is 0. The van der Waals surface area contributed by atoms with E-state index in [0.717, 1.165) is 19.3 Å². The molecule has 1 saturated carbocycles. The predicted molar refractivity (Wildman–Crippen MR) is 82.6 cm³/mol. The number of alkyl halides is 3. The Kier molecular flexibility index (Phi) is 5.84. The van der Waals surface area contributed by atoms with Crippen LogP contribution in [0, 0.1) is 11.8 Å². The summed E-state index contributed by atoms with van der Waals surface area (Å²) in [4.78, 5) is 13.7. The molecule has 0 aromatic carbocycles. The van der Waals surface area contributed by atoms with Crippen LogP contribution < -0.4 is 0 Å². The highest BCUT2D eigenvalue weighted by molar-refractivity contribution is 5.68. The molecular formula is C17H28F3NO2. The number of ether oxygens (including phenoxy) is 1. The molecule has 1 aliphatic carbocycles. The number of likely N-dealkylation sites (tertiary alicyclic amines) is 1. The summed E-state index contributed by atoms with van der Waals surface area (Å²) in [7, 11) is 0. The number of carbonyl (C=O) groups is 1. The SMILES string of the molecule is CC(C)(C)OC(=O)N1CCC(CC2CC(F)C(F)C(F)C2)CC1. The molecule has 134 valence electrons. The van der Waals surface area contributed by atoms with Crippen LogP contribution in [0.2, 0.25) is 0 Å². The van der Waals surface area contributed by atoms with Crippen molar-refractivity contribution in [2.24, 2.45) is 11.8 Å². The molecule has 2 aliphatic rings. The van der Waals surface area contributed by atoms with Gasteiger partial charge in [0.05, 0.1) is 0 Å². The molecule has 2 atom stereocenters. The van der Waals surface area contributed by atoms with Gasteiger partial charge in [-0.05, 0) is 64.7 Å². The third kappa shape index (κ3) is 5.28. The monoisotopic (exact) mass is 335 g/mol. The Bertz CT molecular complexity index is 393. The fourth-order valence-corrected chi connectivity index (χ4v) is 3.56. The number of nitrogens with zero attached hydrogens (tertiary/aromatic N) is 1. The number of piperidine rings is 1. The fraction of sp³-hybridized carbons (Fsp3) is 0.941. The van der Waals surface area contributed by atoms with E-state index >= 15 is 0 Å². The quantitative estimate of drug-likeness (QED) is 0.746. The van der Waals surface area contributed by atoms with Gasteiger partial charge in [-0.1, -0.05) is 0 Å². The topological polar surface area (TPSA) is 29.5 Å². The third-order valence-corrected chi connectivity index (χ3v) is 4.74. The average molecular weight is 335 g/mol. The van der Waals surface area contributed by atoms with Gasteiger partial charge in [0, 0.05) is 13.1 Å². The van der Waals surface area contributed by atoms with Gasteiger partial charge in [0.1, 0.15) is 17.9 Å². The van der Waals surface area contributed by atoms with E-state index in [4.69, 9.17) is 4.74 Å². The van der Waals surface area contributed by atoms with Crippen LogP contribution in [0.4, 0.5) is 18.0 Å². The normalized spacial score (nSPS) is 33.6. The first-order chi connectivity index (χ1) is 10.7. The van der Waals surface area contributed by atoms with E-state index in [0.29, 0.717) is 19.0 Å². The number of carbonyl (C=O) groups excluding carboxylic acids is 1. The van der Waals surface area contributed by atoms with E-state index in [9.17, 15) is 18.0 Å². The molecule has 0 bridgehead atoms. The van der Waals surface area contributed by atoms with Crippen LogP contribution >= 0.6 is 0 Å². The molecule has 0 aromatic rings. The van der Waals surface area contributed by atoms with E-state index in [-0.39, 0.29) is 24.9 Å². The van der Waals surface area contributed by atoms with Gasteiger partial charge in [-0.3, -0.25) is 0 Å². The van der Waals surface area contributed by atoms with Crippen LogP contribution in [0.3, 0.4) is 0 Å². The smallest absolute Gasteiger partial charge is 0.410 e. The summed E-state index contributed by atoms with van der Waals surface area (Å²) >= 11 is 0. The lowest BCUT2D eigenvalue weighted by Crippen LogP contribution is -2.42. The zero-order valence-corrected chi connectivity index (χ0v) is 14.2. The Balaban J connectivity index is 1.76. The van der Waals surface area contributed by atoms with Crippen LogP contribution in [-0.2, 0) is 4.74 Å². The van der Waals surface area contributed by atoms with Gasteiger partial charge < -0.3 is 9.64 Å². The maximum Gasteiger partial charge on any atom is 0.410 e. The summed E-state index contributed by atoms with van der Waals surface area (Å²) in [6.45, 7) is 6.71. The molecule has 0 radical (unpaired) electrons. The molecule has 23 heavy (non-hydrogen) atoms. The van der Waals surface area contributed by atoms with E-state index in [1.54, 1.807) is 4.90 Å². The number of amides is 1. The molecule has 2 unspecified atom stereocenters. The van der Waals surface area contributed by atoms with Crippen molar-refractivity contribution in [2.75, 3.05) is 13.1 Å². The first-order valence-electron chi connectivity index (χ1n) is 8.56. The molecule has 6 heteroatoms. The van der Waals surface area contributed by atoms with Gasteiger partial charge in [-0.25, -0.2) is 18.0 Å². The van der Waals surface area contributed by atoms with Gasteiger partial charge >= 0.3 is 6.09 Å². The second-order valence-electron chi connectivity index (χ2n) is 7.96. The van der Waals surface area contributed by atoms with E-state index in [1.807, 2.05) is 20.8 Å². The molecule has 2 rings (SSSR count). The lowest BCUT2D eigenvalue weighted by atomic mass is 9.78. The Morgan fingerprint density at radius 2 is 1.57 bits per heavy atom. The van der Waals surface area contributed by atoms with Crippen molar-refractivity contribution < 1.29 is 22.7 Å². The summed E-state index contributed by atoms with van der Waals surface area (Å²) < 4.78 is 45.5. The van der Waals surface area contributed by atoms with Gasteiger partial charge in [-0.15, -0.1) is 0 Å². The molecule has 2 fully saturated rings. The Labute approximate surface area is 136 Å². The summed E-state index contributed by atoms with van der Waals surface area (Å²) in [5, 5.41) is 0. The molecule has 0 aromatic heterocycles. The van der Waals surface area contributed by atoms with E-state index in [1.165, 1.54) is 0 Å². The van der Waals surface area contributed by atoms with Crippen molar-refractivity contribution in [3.63, 3.8) is 0 Å². The van der Waals surface area contributed by atoms with Crippen molar-refractivity contribution in [3.05, 3.63) is 0 Å². The maximum atomic E-state index is 13.5. The van der Waals surface area contributed by atoms with Crippen molar-refractivity contribution in [1.29, 1.82) is 0 Å². The molecule has 0 N–H and O–H groups in total. The molecule has 1 aliphatic heterocycles. The Morgan fingerprint density at radius 3 is 2.04 bits per heavy atom. The highest BCUT2D eigenvalue weighted by Gasteiger charge is 2.39. The van der Waals surface area contributed by atoms with Crippen molar-refractivity contribution in [1.82, 2.24) is 4.90 Å². The zero-order chi connectivity index (χ0) is 17.2. The molecule has 0 spiro atoms. The summed E-state index contributed by atoms with van der Waals surface area (Å²) in [6, 6.07) is 0. The summed E-state index contributed by atoms with van der Waals surface area (Å²) in [6.07, 6.45) is -3.04. The number of hydrogen-bond acceptors (Lipinski definition) is 2. The predicted octanol–water partition coefficient (Wildman–Crippen LogP) is 4.45. The number of halogens is 3. The Morgan fingerprint density at radius 1 is 1.04 bits per heavy atom. The first kappa shape index (κ1) is 18.4. The average Bonchev–Trinajstić information content (AvgIpc) is 2.43. The molecule has 1 heterocycles. The minimum atomic E-state index is -1.96. The minimum absolute atomic E-state index is 0.0925. The van der Waals surface area contributed by atoms with Crippen molar-refractivity contribution in [2.45, 2.75) is 77.0 Å².